The van der Waals surface area contributed by atoms with E-state index in [4.69, 9.17) is 23.2 Å². The minimum absolute atomic E-state index is 0.00476. The van der Waals surface area contributed by atoms with Gasteiger partial charge in [0, 0.05) is 32.3 Å². The third kappa shape index (κ3) is 2.45. The second-order valence-corrected chi connectivity index (χ2v) is 6.37. The molecule has 0 radical (unpaired) electrons. The van der Waals surface area contributed by atoms with Gasteiger partial charge in [-0.15, -0.1) is 11.3 Å². The van der Waals surface area contributed by atoms with E-state index in [0.717, 1.165) is 17.4 Å². The van der Waals surface area contributed by atoms with E-state index < -0.39 is 17.6 Å². The lowest BCUT2D eigenvalue weighted by atomic mass is 10.0. The predicted molar refractivity (Wildman–Crippen MR) is 84.2 cm³/mol. The predicted octanol–water partition coefficient (Wildman–Crippen LogP) is 5.85. The van der Waals surface area contributed by atoms with Gasteiger partial charge in [0.05, 0.1) is 5.02 Å². The van der Waals surface area contributed by atoms with Gasteiger partial charge in [0.25, 0.3) is 0 Å². The Morgan fingerprint density at radius 3 is 2.55 bits per heavy atom. The second-order valence-electron chi connectivity index (χ2n) is 4.50. The number of hydrogen-bond acceptors (Lipinski definition) is 2. The van der Waals surface area contributed by atoms with Crippen LogP contribution in [0.15, 0.2) is 30.3 Å². The van der Waals surface area contributed by atoms with Gasteiger partial charge in [-0.3, -0.25) is 0 Å². The molecule has 0 aliphatic carbocycles. The van der Waals surface area contributed by atoms with Gasteiger partial charge in [-0.25, -0.2) is 13.6 Å². The molecule has 1 N–H and O–H groups in total. The molecular weight excluding hydrogens is 353 g/mol. The Kier molecular flexibility index (Phi) is 3.80. The highest BCUT2D eigenvalue weighted by molar-refractivity contribution is 7.21. The van der Waals surface area contributed by atoms with Crippen LogP contribution in [0.25, 0.3) is 21.2 Å². The molecule has 22 heavy (non-hydrogen) atoms. The topological polar surface area (TPSA) is 37.3 Å². The Bertz CT molecular complexity index is 922. The number of fused-ring (bicyclic) bond motifs is 1. The Morgan fingerprint density at radius 1 is 1.14 bits per heavy atom. The summed E-state index contributed by atoms with van der Waals surface area (Å²) in [6.07, 6.45) is 0. The van der Waals surface area contributed by atoms with Crippen molar-refractivity contribution in [1.29, 1.82) is 0 Å². The first-order valence-corrected chi connectivity index (χ1v) is 7.56. The summed E-state index contributed by atoms with van der Waals surface area (Å²) in [5, 5.41) is 10.0. The van der Waals surface area contributed by atoms with Gasteiger partial charge >= 0.3 is 5.97 Å². The number of carbonyl (C=O) groups is 1. The number of aromatic carboxylic acids is 1. The minimum atomic E-state index is -1.20. The minimum Gasteiger partial charge on any atom is -0.477 e. The summed E-state index contributed by atoms with van der Waals surface area (Å²) in [5.41, 5.74) is 0.192. The molecule has 3 rings (SSSR count). The van der Waals surface area contributed by atoms with E-state index in [2.05, 4.69) is 0 Å². The Labute approximate surface area is 137 Å². The fourth-order valence-electron chi connectivity index (χ4n) is 2.23. The molecule has 1 aromatic heterocycles. The summed E-state index contributed by atoms with van der Waals surface area (Å²) in [5.74, 6) is -2.98. The van der Waals surface area contributed by atoms with Crippen molar-refractivity contribution < 1.29 is 18.7 Å². The maximum atomic E-state index is 13.7. The molecule has 0 amide bonds. The van der Waals surface area contributed by atoms with E-state index in [-0.39, 0.29) is 21.0 Å². The van der Waals surface area contributed by atoms with E-state index in [9.17, 15) is 18.7 Å². The van der Waals surface area contributed by atoms with Crippen LogP contribution in [-0.2, 0) is 0 Å². The lowest BCUT2D eigenvalue weighted by molar-refractivity contribution is 0.0703. The monoisotopic (exact) mass is 358 g/mol. The highest BCUT2D eigenvalue weighted by Gasteiger charge is 2.23. The molecule has 0 fully saturated rings. The number of thiophene rings is 1. The summed E-state index contributed by atoms with van der Waals surface area (Å²) >= 11 is 12.8. The van der Waals surface area contributed by atoms with Crippen LogP contribution in [0.1, 0.15) is 9.67 Å². The maximum Gasteiger partial charge on any atom is 0.346 e. The molecule has 2 nitrogen and oxygen atoms in total. The molecule has 0 atom stereocenters. The number of halogens is 4. The summed E-state index contributed by atoms with van der Waals surface area (Å²) in [6.45, 7) is 0. The fourth-order valence-corrected chi connectivity index (χ4v) is 3.76. The van der Waals surface area contributed by atoms with Crippen molar-refractivity contribution in [1.82, 2.24) is 0 Å². The van der Waals surface area contributed by atoms with Gasteiger partial charge in [-0.2, -0.15) is 0 Å². The van der Waals surface area contributed by atoms with Crippen molar-refractivity contribution in [2.45, 2.75) is 0 Å². The lowest BCUT2D eigenvalue weighted by Crippen LogP contribution is -1.96. The molecule has 0 aliphatic heterocycles. The van der Waals surface area contributed by atoms with Gasteiger partial charge in [0.15, 0.2) is 0 Å². The molecular formula is C15H6Cl2F2O2S. The van der Waals surface area contributed by atoms with E-state index >= 15 is 0 Å². The standard InChI is InChI=1S/C15H6Cl2F2O2S/c16-6-1-2-8-11(3-6)22-14(15(20)21)12(8)9-4-7(18)5-10(19)13(9)17/h1-5H,(H,20,21). The third-order valence-electron chi connectivity index (χ3n) is 3.11. The van der Waals surface area contributed by atoms with Crippen LogP contribution >= 0.6 is 34.5 Å². The number of carboxylic acids is 1. The molecule has 112 valence electrons. The average molecular weight is 359 g/mol. The first kappa shape index (κ1) is 15.2. The number of hydrogen-bond donors (Lipinski definition) is 1. The highest BCUT2D eigenvalue weighted by Crippen LogP contribution is 2.43. The normalized spacial score (nSPS) is 11.1. The molecule has 0 saturated heterocycles. The van der Waals surface area contributed by atoms with Crippen LogP contribution in [0.5, 0.6) is 0 Å². The summed E-state index contributed by atoms with van der Waals surface area (Å²) in [7, 11) is 0. The molecule has 0 bridgehead atoms. The quantitative estimate of drug-likeness (QED) is 0.583. The summed E-state index contributed by atoms with van der Waals surface area (Å²) in [4.78, 5) is 11.4. The zero-order valence-corrected chi connectivity index (χ0v) is 13.0. The molecule has 0 saturated carbocycles. The van der Waals surface area contributed by atoms with Gasteiger partial charge in [0.2, 0.25) is 0 Å². The fraction of sp³-hybridized carbons (Fsp3) is 0. The Morgan fingerprint density at radius 2 is 1.86 bits per heavy atom. The summed E-state index contributed by atoms with van der Waals surface area (Å²) < 4.78 is 27.8. The number of carboxylic acid groups (broad SMARTS) is 1. The van der Waals surface area contributed by atoms with Crippen molar-refractivity contribution >= 4 is 50.6 Å². The molecule has 0 aliphatic rings. The van der Waals surface area contributed by atoms with Gasteiger partial charge < -0.3 is 5.11 Å². The van der Waals surface area contributed by atoms with E-state index in [1.165, 1.54) is 0 Å². The van der Waals surface area contributed by atoms with Gasteiger partial charge in [-0.1, -0.05) is 29.3 Å². The molecule has 0 spiro atoms. The van der Waals surface area contributed by atoms with Crippen LogP contribution < -0.4 is 0 Å². The van der Waals surface area contributed by atoms with Crippen molar-refractivity contribution in [2.24, 2.45) is 0 Å². The van der Waals surface area contributed by atoms with Gasteiger partial charge in [0.1, 0.15) is 16.5 Å². The Hall–Kier alpha value is -1.69. The summed E-state index contributed by atoms with van der Waals surface area (Å²) in [6, 6.07) is 6.46. The molecule has 3 aromatic rings. The number of rotatable bonds is 2. The number of benzene rings is 2. The molecule has 2 aromatic carbocycles. The van der Waals surface area contributed by atoms with Crippen molar-refractivity contribution in [2.75, 3.05) is 0 Å². The molecule has 1 heterocycles. The van der Waals surface area contributed by atoms with Crippen LogP contribution in [0, 0.1) is 11.6 Å². The zero-order chi connectivity index (χ0) is 16.0. The van der Waals surface area contributed by atoms with E-state index in [1.54, 1.807) is 18.2 Å². The average Bonchev–Trinajstić information content (AvgIpc) is 2.81. The van der Waals surface area contributed by atoms with Gasteiger partial charge in [-0.05, 0) is 18.2 Å². The SMILES string of the molecule is O=C(O)c1sc2cc(Cl)ccc2c1-c1cc(F)cc(F)c1Cl. The first-order valence-electron chi connectivity index (χ1n) is 5.98. The molecule has 7 heteroatoms. The van der Waals surface area contributed by atoms with Crippen molar-refractivity contribution in [3.05, 3.63) is 56.9 Å². The van der Waals surface area contributed by atoms with Crippen molar-refractivity contribution in [3.8, 4) is 11.1 Å². The van der Waals surface area contributed by atoms with Crippen molar-refractivity contribution in [3.63, 3.8) is 0 Å². The lowest BCUT2D eigenvalue weighted by Gasteiger charge is -2.07. The maximum absolute atomic E-state index is 13.7. The smallest absolute Gasteiger partial charge is 0.346 e. The first-order chi connectivity index (χ1) is 10.4. The van der Waals surface area contributed by atoms with Crippen LogP contribution in [0.2, 0.25) is 10.0 Å². The van der Waals surface area contributed by atoms with E-state index in [0.29, 0.717) is 21.2 Å². The largest absolute Gasteiger partial charge is 0.477 e. The Balaban J connectivity index is 2.44. The molecule has 0 unspecified atom stereocenters. The zero-order valence-electron chi connectivity index (χ0n) is 10.7. The second kappa shape index (κ2) is 5.50. The van der Waals surface area contributed by atoms with E-state index in [1.807, 2.05) is 0 Å². The highest BCUT2D eigenvalue weighted by atomic mass is 35.5. The third-order valence-corrected chi connectivity index (χ3v) is 4.87. The van der Waals surface area contributed by atoms with Crippen LogP contribution in [0.3, 0.4) is 0 Å². The van der Waals surface area contributed by atoms with Crippen LogP contribution in [0.4, 0.5) is 8.78 Å². The van der Waals surface area contributed by atoms with Crippen LogP contribution in [-0.4, -0.2) is 11.1 Å².